The number of hydrogen-bond acceptors (Lipinski definition) is 3. The van der Waals surface area contributed by atoms with Gasteiger partial charge in [0.15, 0.2) is 11.2 Å². The average Bonchev–Trinajstić information content (AvgIpc) is 2.95. The van der Waals surface area contributed by atoms with E-state index in [1.807, 2.05) is 47.1 Å². The summed E-state index contributed by atoms with van der Waals surface area (Å²) in [5.41, 5.74) is 2.27. The van der Waals surface area contributed by atoms with Gasteiger partial charge in [0.2, 0.25) is 0 Å². The van der Waals surface area contributed by atoms with Gasteiger partial charge in [0.05, 0.1) is 10.9 Å². The number of para-hydroxylation sites is 2. The molecule has 0 aliphatic carbocycles. The molecule has 0 aliphatic rings. The van der Waals surface area contributed by atoms with Gasteiger partial charge in [0.25, 0.3) is 0 Å². The summed E-state index contributed by atoms with van der Waals surface area (Å²) in [7, 11) is 0. The first-order chi connectivity index (χ1) is 11.1. The Bertz CT molecular complexity index is 1070. The summed E-state index contributed by atoms with van der Waals surface area (Å²) < 4.78 is 7.91. The first-order valence-corrected chi connectivity index (χ1v) is 7.65. The van der Waals surface area contributed by atoms with Crippen molar-refractivity contribution < 1.29 is 4.42 Å². The maximum atomic E-state index is 12.4. The minimum Gasteiger partial charge on any atom is -0.454 e. The van der Waals surface area contributed by atoms with Crippen LogP contribution in [-0.2, 0) is 0 Å². The third-order valence-corrected chi connectivity index (χ3v) is 3.97. The molecule has 0 saturated carbocycles. The normalized spacial score (nSPS) is 11.6. The molecular formula is C19H16N2O2. The van der Waals surface area contributed by atoms with Crippen molar-refractivity contribution >= 4 is 21.9 Å². The molecule has 0 saturated heterocycles. The number of nitrogens with zero attached hydrogens (tertiary/aromatic N) is 2. The van der Waals surface area contributed by atoms with Gasteiger partial charge >= 0.3 is 0 Å². The van der Waals surface area contributed by atoms with Gasteiger partial charge in [-0.15, -0.1) is 0 Å². The van der Waals surface area contributed by atoms with Gasteiger partial charge in [-0.1, -0.05) is 30.3 Å². The van der Waals surface area contributed by atoms with Crippen LogP contribution in [0.1, 0.15) is 19.9 Å². The molecule has 0 amide bonds. The first kappa shape index (κ1) is 13.8. The molecule has 23 heavy (non-hydrogen) atoms. The number of rotatable bonds is 2. The molecular weight excluding hydrogens is 288 g/mol. The lowest BCUT2D eigenvalue weighted by Crippen LogP contribution is -2.03. The molecule has 2 heterocycles. The molecule has 4 rings (SSSR count). The molecule has 0 unspecified atom stereocenters. The molecule has 0 radical (unpaired) electrons. The van der Waals surface area contributed by atoms with Gasteiger partial charge in [-0.25, -0.2) is 0 Å². The molecule has 114 valence electrons. The zero-order chi connectivity index (χ0) is 16.0. The van der Waals surface area contributed by atoms with E-state index >= 15 is 0 Å². The summed E-state index contributed by atoms with van der Waals surface area (Å²) in [5, 5.41) is 6.26. The summed E-state index contributed by atoms with van der Waals surface area (Å²) >= 11 is 0. The van der Waals surface area contributed by atoms with E-state index in [0.29, 0.717) is 22.4 Å². The van der Waals surface area contributed by atoms with Crippen molar-refractivity contribution in [3.8, 4) is 11.5 Å². The highest BCUT2D eigenvalue weighted by atomic mass is 16.3. The number of fused-ring (bicyclic) bond motifs is 2. The van der Waals surface area contributed by atoms with Crippen LogP contribution in [0, 0.1) is 0 Å². The van der Waals surface area contributed by atoms with Crippen LogP contribution < -0.4 is 5.43 Å². The van der Waals surface area contributed by atoms with E-state index in [4.69, 9.17) is 9.52 Å². The second kappa shape index (κ2) is 5.09. The van der Waals surface area contributed by atoms with Crippen LogP contribution in [0.3, 0.4) is 0 Å². The maximum Gasteiger partial charge on any atom is 0.193 e. The maximum absolute atomic E-state index is 12.4. The first-order valence-electron chi connectivity index (χ1n) is 7.65. The molecule has 0 aliphatic heterocycles. The van der Waals surface area contributed by atoms with Gasteiger partial charge in [-0.05, 0) is 32.0 Å². The van der Waals surface area contributed by atoms with Crippen LogP contribution in [0.15, 0.2) is 63.8 Å². The Kier molecular flexibility index (Phi) is 3.05. The second-order valence-electron chi connectivity index (χ2n) is 5.88. The van der Waals surface area contributed by atoms with Crippen molar-refractivity contribution in [3.05, 3.63) is 64.8 Å². The summed E-state index contributed by atoms with van der Waals surface area (Å²) in [5.74, 6) is 0.504. The lowest BCUT2D eigenvalue weighted by atomic mass is 10.1. The number of hydrogen-bond donors (Lipinski definition) is 0. The molecule has 4 heteroatoms. The Morgan fingerprint density at radius 3 is 2.48 bits per heavy atom. The zero-order valence-corrected chi connectivity index (χ0v) is 13.0. The van der Waals surface area contributed by atoms with Gasteiger partial charge in [-0.3, -0.25) is 9.48 Å². The predicted octanol–water partition coefficient (Wildman–Crippen LogP) is 4.39. The van der Waals surface area contributed by atoms with Crippen molar-refractivity contribution in [1.82, 2.24) is 9.78 Å². The molecule has 0 fully saturated rings. The third kappa shape index (κ3) is 2.14. The Morgan fingerprint density at radius 1 is 1.00 bits per heavy atom. The molecule has 2 aromatic heterocycles. The average molecular weight is 304 g/mol. The SMILES string of the molecule is CC(C)n1nc(-c2cc(=O)c3ccccc3o2)c2ccccc21. The van der Waals surface area contributed by atoms with Crippen molar-refractivity contribution in [2.75, 3.05) is 0 Å². The highest BCUT2D eigenvalue weighted by Gasteiger charge is 2.16. The fourth-order valence-corrected chi connectivity index (χ4v) is 2.89. The quantitative estimate of drug-likeness (QED) is 0.552. The van der Waals surface area contributed by atoms with E-state index in [0.717, 1.165) is 10.9 Å². The van der Waals surface area contributed by atoms with Gasteiger partial charge in [0.1, 0.15) is 11.3 Å². The summed E-state index contributed by atoms with van der Waals surface area (Å²) in [6.07, 6.45) is 0. The molecule has 0 atom stereocenters. The van der Waals surface area contributed by atoms with Crippen molar-refractivity contribution in [2.45, 2.75) is 19.9 Å². The van der Waals surface area contributed by atoms with Crippen LogP contribution >= 0.6 is 0 Å². The molecule has 2 aromatic carbocycles. The van der Waals surface area contributed by atoms with Crippen LogP contribution in [0.2, 0.25) is 0 Å². The zero-order valence-electron chi connectivity index (χ0n) is 13.0. The van der Waals surface area contributed by atoms with Crippen molar-refractivity contribution in [2.24, 2.45) is 0 Å². The number of aromatic nitrogens is 2. The van der Waals surface area contributed by atoms with Crippen molar-refractivity contribution in [1.29, 1.82) is 0 Å². The topological polar surface area (TPSA) is 48.0 Å². The monoisotopic (exact) mass is 304 g/mol. The van der Waals surface area contributed by atoms with Gasteiger partial charge < -0.3 is 4.42 Å². The Hall–Kier alpha value is -2.88. The fourth-order valence-electron chi connectivity index (χ4n) is 2.89. The molecule has 4 nitrogen and oxygen atoms in total. The van der Waals surface area contributed by atoms with Crippen LogP contribution in [-0.4, -0.2) is 9.78 Å². The van der Waals surface area contributed by atoms with Gasteiger partial charge in [0, 0.05) is 17.5 Å². The summed E-state index contributed by atoms with van der Waals surface area (Å²) in [4.78, 5) is 12.4. The van der Waals surface area contributed by atoms with E-state index in [2.05, 4.69) is 13.8 Å². The van der Waals surface area contributed by atoms with Crippen LogP contribution in [0.4, 0.5) is 0 Å². The summed E-state index contributed by atoms with van der Waals surface area (Å²) in [6, 6.07) is 17.0. The predicted molar refractivity (Wildman–Crippen MR) is 91.6 cm³/mol. The minimum absolute atomic E-state index is 0.0509. The highest BCUT2D eigenvalue weighted by molar-refractivity contribution is 5.93. The lowest BCUT2D eigenvalue weighted by molar-refractivity contribution is 0.547. The molecule has 0 bridgehead atoms. The van der Waals surface area contributed by atoms with E-state index in [9.17, 15) is 4.79 Å². The minimum atomic E-state index is -0.0509. The van der Waals surface area contributed by atoms with Gasteiger partial charge in [-0.2, -0.15) is 5.10 Å². The largest absolute Gasteiger partial charge is 0.454 e. The Morgan fingerprint density at radius 2 is 1.70 bits per heavy atom. The fraction of sp³-hybridized carbons (Fsp3) is 0.158. The Labute approximate surface area is 133 Å². The molecule has 4 aromatic rings. The third-order valence-electron chi connectivity index (χ3n) is 3.97. The van der Waals surface area contributed by atoms with E-state index in [1.54, 1.807) is 6.07 Å². The highest BCUT2D eigenvalue weighted by Crippen LogP contribution is 2.30. The second-order valence-corrected chi connectivity index (χ2v) is 5.88. The van der Waals surface area contributed by atoms with Crippen LogP contribution in [0.25, 0.3) is 33.3 Å². The van der Waals surface area contributed by atoms with E-state index < -0.39 is 0 Å². The smallest absolute Gasteiger partial charge is 0.193 e. The molecule has 0 spiro atoms. The van der Waals surface area contributed by atoms with Crippen LogP contribution in [0.5, 0.6) is 0 Å². The van der Waals surface area contributed by atoms with E-state index in [1.165, 1.54) is 6.07 Å². The summed E-state index contributed by atoms with van der Waals surface area (Å²) in [6.45, 7) is 4.17. The standard InChI is InChI=1S/C19H16N2O2/c1-12(2)21-15-9-5-3-7-13(15)19(20-21)18-11-16(22)14-8-4-6-10-17(14)23-18/h3-12H,1-2H3. The number of benzene rings is 2. The van der Waals surface area contributed by atoms with Crippen molar-refractivity contribution in [3.63, 3.8) is 0 Å². The molecule has 0 N–H and O–H groups in total. The lowest BCUT2D eigenvalue weighted by Gasteiger charge is -2.06. The Balaban J connectivity index is 2.05. The van der Waals surface area contributed by atoms with E-state index in [-0.39, 0.29) is 11.5 Å².